The van der Waals surface area contributed by atoms with Gasteiger partial charge in [0.2, 0.25) is 5.91 Å². The summed E-state index contributed by atoms with van der Waals surface area (Å²) in [6.07, 6.45) is 4.07. The molecule has 2 aliphatic heterocycles. The summed E-state index contributed by atoms with van der Waals surface area (Å²) in [6, 6.07) is 18.9. The molecule has 2 aromatic carbocycles. The van der Waals surface area contributed by atoms with Gasteiger partial charge in [-0.2, -0.15) is 0 Å². The number of rotatable bonds is 7. The van der Waals surface area contributed by atoms with E-state index in [1.54, 1.807) is 0 Å². The topological polar surface area (TPSA) is 80.4 Å². The number of aromatic amines is 1. The van der Waals surface area contributed by atoms with E-state index in [9.17, 15) is 4.79 Å². The van der Waals surface area contributed by atoms with Crippen molar-refractivity contribution in [2.45, 2.75) is 32.4 Å². The Morgan fingerprint density at radius 3 is 2.51 bits per heavy atom. The van der Waals surface area contributed by atoms with Crippen molar-refractivity contribution >= 4 is 44.4 Å². The molecule has 2 aliphatic rings. The Morgan fingerprint density at radius 2 is 1.79 bits per heavy atom. The summed E-state index contributed by atoms with van der Waals surface area (Å²) < 4.78 is 0.928. The van der Waals surface area contributed by atoms with Crippen molar-refractivity contribution in [3.63, 3.8) is 0 Å². The molecule has 2 fully saturated rings. The molecule has 0 spiro atoms. The van der Waals surface area contributed by atoms with Gasteiger partial charge in [0.1, 0.15) is 11.3 Å². The number of amides is 1. The van der Waals surface area contributed by atoms with Gasteiger partial charge in [0.15, 0.2) is 5.65 Å². The maximum atomic E-state index is 12.9. The van der Waals surface area contributed by atoms with E-state index >= 15 is 0 Å². The molecular formula is C30H34BrN7O. The Morgan fingerprint density at radius 1 is 1.03 bits per heavy atom. The van der Waals surface area contributed by atoms with Crippen molar-refractivity contribution in [3.8, 4) is 11.4 Å². The lowest BCUT2D eigenvalue weighted by Gasteiger charge is -2.35. The fraction of sp³-hybridized carbons (Fsp3) is 0.367. The van der Waals surface area contributed by atoms with Crippen LogP contribution in [0, 0.1) is 0 Å². The second kappa shape index (κ2) is 11.4. The lowest BCUT2D eigenvalue weighted by Crippen LogP contribution is -2.50. The Bertz CT molecular complexity index is 1430. The van der Waals surface area contributed by atoms with Gasteiger partial charge in [-0.25, -0.2) is 9.97 Å². The number of H-pyrrole nitrogens is 1. The molecule has 202 valence electrons. The normalized spacial score (nSPS) is 17.2. The smallest absolute Gasteiger partial charge is 0.242 e. The third kappa shape index (κ3) is 5.65. The first kappa shape index (κ1) is 25.8. The SMILES string of the molecule is CCN1CCC(Nc2c(Br)cnc3[nH]c(-c4ccc(N5CCN(Cc6ccccc6)C(=O)C5)cc4)nc23)CC1. The molecule has 2 saturated heterocycles. The number of likely N-dealkylation sites (tertiary alicyclic amines) is 1. The van der Waals surface area contributed by atoms with Crippen LogP contribution in [-0.2, 0) is 11.3 Å². The summed E-state index contributed by atoms with van der Waals surface area (Å²) in [5.41, 5.74) is 5.82. The van der Waals surface area contributed by atoms with E-state index in [-0.39, 0.29) is 5.91 Å². The molecule has 9 heteroatoms. The molecule has 0 bridgehead atoms. The number of aromatic nitrogens is 3. The molecule has 0 radical (unpaired) electrons. The average molecular weight is 589 g/mol. The molecule has 39 heavy (non-hydrogen) atoms. The van der Waals surface area contributed by atoms with Crippen LogP contribution < -0.4 is 10.2 Å². The molecule has 0 atom stereocenters. The van der Waals surface area contributed by atoms with Crippen LogP contribution in [0.5, 0.6) is 0 Å². The van der Waals surface area contributed by atoms with Crippen molar-refractivity contribution < 1.29 is 4.79 Å². The first-order valence-corrected chi connectivity index (χ1v) is 14.6. The molecular weight excluding hydrogens is 554 g/mol. The number of nitrogens with one attached hydrogen (secondary N) is 2. The molecule has 0 saturated carbocycles. The van der Waals surface area contributed by atoms with Crippen LogP contribution in [0.4, 0.5) is 11.4 Å². The fourth-order valence-corrected chi connectivity index (χ4v) is 5.94. The number of fused-ring (bicyclic) bond motifs is 1. The highest BCUT2D eigenvalue weighted by atomic mass is 79.9. The molecule has 1 amide bonds. The minimum absolute atomic E-state index is 0.156. The maximum Gasteiger partial charge on any atom is 0.242 e. The summed E-state index contributed by atoms with van der Waals surface area (Å²) in [7, 11) is 0. The van der Waals surface area contributed by atoms with Crippen LogP contribution in [0.15, 0.2) is 65.3 Å². The molecule has 0 aliphatic carbocycles. The largest absolute Gasteiger partial charge is 0.379 e. The summed E-state index contributed by atoms with van der Waals surface area (Å²) in [4.78, 5) is 32.4. The minimum atomic E-state index is 0.156. The number of anilines is 2. The maximum absolute atomic E-state index is 12.9. The van der Waals surface area contributed by atoms with E-state index in [0.29, 0.717) is 25.7 Å². The van der Waals surface area contributed by atoms with Gasteiger partial charge >= 0.3 is 0 Å². The molecule has 4 heterocycles. The van der Waals surface area contributed by atoms with Gasteiger partial charge in [-0.3, -0.25) is 4.79 Å². The first-order valence-electron chi connectivity index (χ1n) is 13.8. The number of halogens is 1. The number of hydrogen-bond donors (Lipinski definition) is 2. The van der Waals surface area contributed by atoms with Gasteiger partial charge in [-0.05, 0) is 65.1 Å². The van der Waals surface area contributed by atoms with Crippen LogP contribution in [0.1, 0.15) is 25.3 Å². The zero-order valence-electron chi connectivity index (χ0n) is 22.2. The van der Waals surface area contributed by atoms with Crippen LogP contribution in [0.3, 0.4) is 0 Å². The molecule has 0 unspecified atom stereocenters. The Kier molecular flexibility index (Phi) is 7.52. The number of piperidine rings is 1. The van der Waals surface area contributed by atoms with Gasteiger partial charge in [-0.15, -0.1) is 0 Å². The summed E-state index contributed by atoms with van der Waals surface area (Å²) in [6.45, 7) is 8.15. The lowest BCUT2D eigenvalue weighted by atomic mass is 10.0. The van der Waals surface area contributed by atoms with Gasteiger partial charge in [-0.1, -0.05) is 37.3 Å². The second-order valence-corrected chi connectivity index (χ2v) is 11.2. The van der Waals surface area contributed by atoms with Gasteiger partial charge < -0.3 is 25.0 Å². The highest BCUT2D eigenvalue weighted by Crippen LogP contribution is 2.33. The Hall–Kier alpha value is -3.43. The summed E-state index contributed by atoms with van der Waals surface area (Å²) in [5, 5.41) is 3.74. The first-order chi connectivity index (χ1) is 19.1. The van der Waals surface area contributed by atoms with Crippen LogP contribution >= 0.6 is 15.9 Å². The zero-order valence-corrected chi connectivity index (χ0v) is 23.8. The van der Waals surface area contributed by atoms with E-state index in [2.05, 4.69) is 84.3 Å². The molecule has 4 aromatic rings. The highest BCUT2D eigenvalue weighted by Gasteiger charge is 2.25. The van der Waals surface area contributed by atoms with Crippen LogP contribution in [-0.4, -0.2) is 76.0 Å². The number of imidazole rings is 1. The number of hydrogen-bond acceptors (Lipinski definition) is 6. The molecule has 6 rings (SSSR count). The average Bonchev–Trinajstić information content (AvgIpc) is 3.41. The monoisotopic (exact) mass is 587 g/mol. The van der Waals surface area contributed by atoms with E-state index in [4.69, 9.17) is 4.98 Å². The van der Waals surface area contributed by atoms with Crippen molar-refractivity contribution in [1.29, 1.82) is 0 Å². The highest BCUT2D eigenvalue weighted by molar-refractivity contribution is 9.10. The van der Waals surface area contributed by atoms with E-state index in [0.717, 1.165) is 83.0 Å². The van der Waals surface area contributed by atoms with Crippen LogP contribution in [0.25, 0.3) is 22.6 Å². The third-order valence-corrected chi connectivity index (χ3v) is 8.49. The number of carbonyl (C=O) groups is 1. The zero-order chi connectivity index (χ0) is 26.8. The number of carbonyl (C=O) groups excluding carboxylic acids is 1. The van der Waals surface area contributed by atoms with Gasteiger partial charge in [0.25, 0.3) is 0 Å². The van der Waals surface area contributed by atoms with Crippen molar-refractivity contribution in [2.75, 3.05) is 49.5 Å². The van der Waals surface area contributed by atoms with Crippen molar-refractivity contribution in [3.05, 3.63) is 70.8 Å². The third-order valence-electron chi connectivity index (χ3n) is 7.89. The van der Waals surface area contributed by atoms with E-state index < -0.39 is 0 Å². The Balaban J connectivity index is 1.14. The Labute approximate surface area is 237 Å². The standard InChI is InChI=1S/C30H34BrN7O/c1-2-36-14-12-23(13-15-36)33-27-25(31)18-32-30-28(27)34-29(35-30)22-8-10-24(11-9-22)37-16-17-38(26(39)20-37)19-21-6-4-3-5-7-21/h3-11,18,23H,2,12-17,19-20H2,1H3,(H2,32,33,34,35). The lowest BCUT2D eigenvalue weighted by molar-refractivity contribution is -0.131. The number of nitrogens with zero attached hydrogens (tertiary/aromatic N) is 5. The number of pyridine rings is 1. The van der Waals surface area contributed by atoms with Gasteiger partial charge in [0.05, 0.1) is 16.7 Å². The predicted molar refractivity (Wildman–Crippen MR) is 160 cm³/mol. The van der Waals surface area contributed by atoms with Crippen LogP contribution in [0.2, 0.25) is 0 Å². The number of benzene rings is 2. The van der Waals surface area contributed by atoms with E-state index in [1.807, 2.05) is 29.3 Å². The molecule has 2 N–H and O–H groups in total. The summed E-state index contributed by atoms with van der Waals surface area (Å²) in [5.74, 6) is 0.943. The van der Waals surface area contributed by atoms with Crippen molar-refractivity contribution in [1.82, 2.24) is 24.8 Å². The fourth-order valence-electron chi connectivity index (χ4n) is 5.53. The van der Waals surface area contributed by atoms with Gasteiger partial charge in [0, 0.05) is 56.2 Å². The van der Waals surface area contributed by atoms with E-state index in [1.165, 1.54) is 0 Å². The molecule has 2 aromatic heterocycles. The predicted octanol–water partition coefficient (Wildman–Crippen LogP) is 5.13. The summed E-state index contributed by atoms with van der Waals surface area (Å²) >= 11 is 3.69. The number of piperazine rings is 1. The quantitative estimate of drug-likeness (QED) is 0.312. The second-order valence-electron chi connectivity index (χ2n) is 10.4. The minimum Gasteiger partial charge on any atom is -0.379 e. The van der Waals surface area contributed by atoms with Crippen molar-refractivity contribution in [2.24, 2.45) is 0 Å². The molecule has 8 nitrogen and oxygen atoms in total.